The predicted octanol–water partition coefficient (Wildman–Crippen LogP) is 3.15. The van der Waals surface area contributed by atoms with Gasteiger partial charge in [0.05, 0.1) is 20.3 Å². The number of nitrogens with zero attached hydrogens (tertiary/aromatic N) is 1. The number of hydrogen-bond donors (Lipinski definition) is 2. The third-order valence-electron chi connectivity index (χ3n) is 4.87. The number of hydrogen-bond acceptors (Lipinski definition) is 4. The van der Waals surface area contributed by atoms with Crippen LogP contribution in [0.25, 0.3) is 0 Å². The molecule has 0 aromatic heterocycles. The first-order valence-corrected chi connectivity index (χ1v) is 9.33. The Kier molecular flexibility index (Phi) is 5.51. The monoisotopic (exact) mass is 388 g/mol. The molecule has 4 rings (SSSR count). The molecule has 1 aliphatic heterocycles. The molecule has 0 atom stereocenters. The Bertz CT molecular complexity index is 995. The highest BCUT2D eigenvalue weighted by atomic mass is 16.5. The Labute approximate surface area is 169 Å². The van der Waals surface area contributed by atoms with Gasteiger partial charge >= 0.3 is 13.1 Å². The minimum Gasteiger partial charge on any atom is -0.497 e. The lowest BCUT2D eigenvalue weighted by Crippen LogP contribution is -2.36. The van der Waals surface area contributed by atoms with Crippen LogP contribution in [0, 0.1) is 0 Å². The van der Waals surface area contributed by atoms with Crippen LogP contribution in [0.4, 0.5) is 16.2 Å². The van der Waals surface area contributed by atoms with E-state index in [0.29, 0.717) is 30.0 Å². The largest absolute Gasteiger partial charge is 0.497 e. The quantitative estimate of drug-likeness (QED) is 0.659. The van der Waals surface area contributed by atoms with Crippen molar-refractivity contribution in [2.75, 3.05) is 17.3 Å². The molecule has 0 radical (unpaired) electrons. The summed E-state index contributed by atoms with van der Waals surface area (Å²) in [6.07, 6.45) is 0. The highest BCUT2D eigenvalue weighted by Gasteiger charge is 2.29. The molecule has 29 heavy (non-hydrogen) atoms. The summed E-state index contributed by atoms with van der Waals surface area (Å²) in [6, 6.07) is 22.2. The summed E-state index contributed by atoms with van der Waals surface area (Å²) >= 11 is 0. The predicted molar refractivity (Wildman–Crippen MR) is 113 cm³/mol. The van der Waals surface area contributed by atoms with Crippen LogP contribution < -0.4 is 20.4 Å². The third-order valence-corrected chi connectivity index (χ3v) is 4.87. The minimum absolute atomic E-state index is 0.264. The average Bonchev–Trinajstić information content (AvgIpc) is 3.13. The van der Waals surface area contributed by atoms with Crippen molar-refractivity contribution in [1.29, 1.82) is 0 Å². The highest BCUT2D eigenvalue weighted by Crippen LogP contribution is 2.23. The average molecular weight is 388 g/mol. The second-order valence-corrected chi connectivity index (χ2v) is 6.78. The van der Waals surface area contributed by atoms with Gasteiger partial charge < -0.3 is 19.7 Å². The summed E-state index contributed by atoms with van der Waals surface area (Å²) < 4.78 is 10.5. The van der Waals surface area contributed by atoms with Gasteiger partial charge in [0.25, 0.3) is 0 Å². The topological polar surface area (TPSA) is 71.0 Å². The van der Waals surface area contributed by atoms with Crippen molar-refractivity contribution in [3.05, 3.63) is 83.9 Å². The molecule has 6 nitrogen and oxygen atoms in total. The van der Waals surface area contributed by atoms with E-state index >= 15 is 0 Å². The molecule has 0 bridgehead atoms. The lowest BCUT2D eigenvalue weighted by atomic mass is 9.79. The molecular formula is C22H21BN2O4. The van der Waals surface area contributed by atoms with Gasteiger partial charge in [0, 0.05) is 11.4 Å². The fraction of sp³-hybridized carbons (Fsp3) is 0.136. The molecule has 2 N–H and O–H groups in total. The lowest BCUT2D eigenvalue weighted by Gasteiger charge is -2.24. The van der Waals surface area contributed by atoms with Crippen molar-refractivity contribution in [3.63, 3.8) is 0 Å². The summed E-state index contributed by atoms with van der Waals surface area (Å²) in [6.45, 7) is 0.726. The normalized spacial score (nSPS) is 12.4. The summed E-state index contributed by atoms with van der Waals surface area (Å²) in [4.78, 5) is 14.8. The van der Waals surface area contributed by atoms with Crippen LogP contribution in [-0.4, -0.2) is 25.3 Å². The number of benzene rings is 3. The number of carbonyl (C=O) groups is 1. The fourth-order valence-corrected chi connectivity index (χ4v) is 3.28. The van der Waals surface area contributed by atoms with Crippen molar-refractivity contribution in [2.45, 2.75) is 13.2 Å². The van der Waals surface area contributed by atoms with E-state index in [9.17, 15) is 9.82 Å². The van der Waals surface area contributed by atoms with Crippen molar-refractivity contribution in [2.24, 2.45) is 0 Å². The smallest absolute Gasteiger partial charge is 0.491 e. The van der Waals surface area contributed by atoms with Crippen molar-refractivity contribution < 1.29 is 19.2 Å². The molecule has 7 heteroatoms. The van der Waals surface area contributed by atoms with Gasteiger partial charge in [0.1, 0.15) is 5.75 Å². The van der Waals surface area contributed by atoms with Gasteiger partial charge in [-0.3, -0.25) is 4.90 Å². The zero-order valence-corrected chi connectivity index (χ0v) is 16.0. The van der Waals surface area contributed by atoms with Gasteiger partial charge in [-0.15, -0.1) is 0 Å². The molecule has 0 aliphatic carbocycles. The van der Waals surface area contributed by atoms with Crippen LogP contribution >= 0.6 is 0 Å². The first kappa shape index (κ1) is 19.0. The van der Waals surface area contributed by atoms with E-state index in [1.807, 2.05) is 66.7 Å². The summed E-state index contributed by atoms with van der Waals surface area (Å²) in [5.41, 5.74) is 3.95. The van der Waals surface area contributed by atoms with E-state index in [-0.39, 0.29) is 6.03 Å². The van der Waals surface area contributed by atoms with E-state index < -0.39 is 7.12 Å². The molecule has 3 aromatic carbocycles. The SMILES string of the molecule is COc1ccc(CN(C(=O)Nc2ccccc2)c2ccc3c(c2)B(O)OC3)cc1. The summed E-state index contributed by atoms with van der Waals surface area (Å²) in [7, 11) is 0.650. The number of para-hydroxylation sites is 1. The van der Waals surface area contributed by atoms with E-state index in [1.165, 1.54) is 0 Å². The lowest BCUT2D eigenvalue weighted by molar-refractivity contribution is 0.256. The van der Waals surface area contributed by atoms with Crippen LogP contribution in [0.1, 0.15) is 11.1 Å². The fourth-order valence-electron chi connectivity index (χ4n) is 3.28. The maximum atomic E-state index is 13.1. The molecule has 0 unspecified atom stereocenters. The first-order chi connectivity index (χ1) is 14.1. The maximum Gasteiger partial charge on any atom is 0.491 e. The number of urea groups is 1. The molecule has 146 valence electrons. The first-order valence-electron chi connectivity index (χ1n) is 9.33. The van der Waals surface area contributed by atoms with Gasteiger partial charge in [-0.2, -0.15) is 0 Å². The van der Waals surface area contributed by atoms with Crippen molar-refractivity contribution in [1.82, 2.24) is 0 Å². The second kappa shape index (κ2) is 8.38. The maximum absolute atomic E-state index is 13.1. The van der Waals surface area contributed by atoms with Crippen LogP contribution in [-0.2, 0) is 17.8 Å². The third kappa shape index (κ3) is 4.26. The van der Waals surface area contributed by atoms with Gasteiger partial charge in [0.15, 0.2) is 0 Å². The van der Waals surface area contributed by atoms with Crippen LogP contribution in [0.15, 0.2) is 72.8 Å². The summed E-state index contributed by atoms with van der Waals surface area (Å²) in [5.74, 6) is 0.756. The Balaban J connectivity index is 1.64. The Hall–Kier alpha value is -3.29. The Morgan fingerprint density at radius 2 is 1.90 bits per heavy atom. The second-order valence-electron chi connectivity index (χ2n) is 6.78. The zero-order valence-electron chi connectivity index (χ0n) is 16.0. The minimum atomic E-state index is -0.968. The van der Waals surface area contributed by atoms with E-state index in [4.69, 9.17) is 9.39 Å². The molecule has 0 spiro atoms. The number of ether oxygens (including phenoxy) is 1. The van der Waals surface area contributed by atoms with Crippen molar-refractivity contribution in [3.8, 4) is 5.75 Å². The molecule has 1 heterocycles. The van der Waals surface area contributed by atoms with Crippen LogP contribution in [0.2, 0.25) is 0 Å². The molecule has 2 amide bonds. The standard InChI is InChI=1S/C22H21BN2O4/c1-28-20-11-7-16(8-12-20)14-25(22(26)24-18-5-3-2-4-6-18)19-10-9-17-15-29-23(27)21(17)13-19/h2-13,27H,14-15H2,1H3,(H,24,26). The number of carbonyl (C=O) groups excluding carboxylic acids is 1. The van der Waals surface area contributed by atoms with Gasteiger partial charge in [-0.25, -0.2) is 4.79 Å². The number of anilines is 2. The number of nitrogens with one attached hydrogen (secondary N) is 1. The van der Waals surface area contributed by atoms with Gasteiger partial charge in [-0.05, 0) is 53.0 Å². The van der Waals surface area contributed by atoms with E-state index in [1.54, 1.807) is 18.1 Å². The van der Waals surface area contributed by atoms with Gasteiger partial charge in [0.2, 0.25) is 0 Å². The Morgan fingerprint density at radius 1 is 1.14 bits per heavy atom. The molecule has 3 aromatic rings. The van der Waals surface area contributed by atoms with Gasteiger partial charge in [-0.1, -0.05) is 36.4 Å². The van der Waals surface area contributed by atoms with Crippen LogP contribution in [0.3, 0.4) is 0 Å². The molecular weight excluding hydrogens is 367 g/mol. The number of methoxy groups -OCH3 is 1. The number of fused-ring (bicyclic) bond motifs is 1. The Morgan fingerprint density at radius 3 is 2.62 bits per heavy atom. The number of amides is 2. The summed E-state index contributed by atoms with van der Waals surface area (Å²) in [5, 5.41) is 13.0. The molecule has 0 fully saturated rings. The molecule has 0 saturated heterocycles. The molecule has 0 saturated carbocycles. The van der Waals surface area contributed by atoms with Crippen LogP contribution in [0.5, 0.6) is 5.75 Å². The van der Waals surface area contributed by atoms with E-state index in [0.717, 1.165) is 16.9 Å². The highest BCUT2D eigenvalue weighted by molar-refractivity contribution is 6.61. The molecule has 1 aliphatic rings. The van der Waals surface area contributed by atoms with E-state index in [2.05, 4.69) is 5.32 Å². The van der Waals surface area contributed by atoms with Crippen molar-refractivity contribution >= 4 is 30.0 Å². The number of rotatable bonds is 5. The zero-order chi connectivity index (χ0) is 20.2.